The highest BCUT2D eigenvalue weighted by atomic mass is 19.1. The lowest BCUT2D eigenvalue weighted by Crippen LogP contribution is -2.31. The molecule has 0 spiro atoms. The van der Waals surface area contributed by atoms with Crippen molar-refractivity contribution in [2.24, 2.45) is 0 Å². The lowest BCUT2D eigenvalue weighted by Gasteiger charge is -2.13. The van der Waals surface area contributed by atoms with Crippen LogP contribution in [0.2, 0.25) is 0 Å². The highest BCUT2D eigenvalue weighted by Gasteiger charge is 2.31. The number of nitrogens with one attached hydrogen (secondary N) is 1. The molecule has 2 aliphatic heterocycles. The number of nitrogens with zero attached hydrogens (tertiary/aromatic N) is 1. The minimum atomic E-state index is -0.755. The molecule has 0 saturated heterocycles. The quantitative estimate of drug-likeness (QED) is 0.921. The van der Waals surface area contributed by atoms with E-state index >= 15 is 0 Å². The molecule has 1 unspecified atom stereocenters. The van der Waals surface area contributed by atoms with Gasteiger partial charge in [0.1, 0.15) is 0 Å². The highest BCUT2D eigenvalue weighted by molar-refractivity contribution is 6.02. The van der Waals surface area contributed by atoms with Crippen molar-refractivity contribution in [1.29, 1.82) is 0 Å². The van der Waals surface area contributed by atoms with Crippen molar-refractivity contribution in [3.8, 4) is 5.75 Å². The van der Waals surface area contributed by atoms with Gasteiger partial charge in [0.15, 0.2) is 17.7 Å². The second-order valence-electron chi connectivity index (χ2n) is 6.00. The number of rotatable bonds is 2. The SMILES string of the molecule is CN1C(=O)Cc2cc(NC(=O)C3Cc4cccc(F)c4O3)ccc21. The molecule has 0 saturated carbocycles. The van der Waals surface area contributed by atoms with Crippen LogP contribution in [0, 0.1) is 5.82 Å². The number of para-hydroxylation sites is 1. The number of benzene rings is 2. The van der Waals surface area contributed by atoms with Crippen LogP contribution < -0.4 is 15.0 Å². The van der Waals surface area contributed by atoms with E-state index < -0.39 is 11.9 Å². The number of halogens is 1. The summed E-state index contributed by atoms with van der Waals surface area (Å²) >= 11 is 0. The summed E-state index contributed by atoms with van der Waals surface area (Å²) < 4.78 is 19.1. The molecule has 0 bridgehead atoms. The first-order valence-corrected chi connectivity index (χ1v) is 7.67. The van der Waals surface area contributed by atoms with Crippen LogP contribution >= 0.6 is 0 Å². The summed E-state index contributed by atoms with van der Waals surface area (Å²) in [5.41, 5.74) is 3.02. The molecule has 0 fully saturated rings. The van der Waals surface area contributed by atoms with E-state index in [-0.39, 0.29) is 17.6 Å². The third-order valence-corrected chi connectivity index (χ3v) is 4.43. The number of fused-ring (bicyclic) bond motifs is 2. The van der Waals surface area contributed by atoms with Gasteiger partial charge in [0, 0.05) is 30.4 Å². The van der Waals surface area contributed by atoms with E-state index in [0.29, 0.717) is 24.1 Å². The van der Waals surface area contributed by atoms with Gasteiger partial charge >= 0.3 is 0 Å². The fraction of sp³-hybridized carbons (Fsp3) is 0.222. The number of anilines is 2. The van der Waals surface area contributed by atoms with Crippen molar-refractivity contribution < 1.29 is 18.7 Å². The van der Waals surface area contributed by atoms with E-state index in [1.165, 1.54) is 6.07 Å². The maximum atomic E-state index is 13.7. The Morgan fingerprint density at radius 1 is 1.29 bits per heavy atom. The third-order valence-electron chi connectivity index (χ3n) is 4.43. The van der Waals surface area contributed by atoms with E-state index in [2.05, 4.69) is 5.32 Å². The third kappa shape index (κ3) is 2.31. The summed E-state index contributed by atoms with van der Waals surface area (Å²) in [6.07, 6.45) is -0.0912. The zero-order valence-corrected chi connectivity index (χ0v) is 13.0. The average Bonchev–Trinajstić information content (AvgIpc) is 3.11. The van der Waals surface area contributed by atoms with Gasteiger partial charge in [0.2, 0.25) is 5.91 Å². The van der Waals surface area contributed by atoms with Gasteiger partial charge in [-0.2, -0.15) is 0 Å². The summed E-state index contributed by atoms with van der Waals surface area (Å²) in [5.74, 6) is -0.609. The second kappa shape index (κ2) is 5.33. The van der Waals surface area contributed by atoms with Crippen LogP contribution in [-0.2, 0) is 22.4 Å². The van der Waals surface area contributed by atoms with Gasteiger partial charge in [-0.3, -0.25) is 9.59 Å². The van der Waals surface area contributed by atoms with Crippen LogP contribution in [0.15, 0.2) is 36.4 Å². The number of hydrogen-bond donors (Lipinski definition) is 1. The Morgan fingerprint density at radius 3 is 2.92 bits per heavy atom. The van der Waals surface area contributed by atoms with Crippen molar-refractivity contribution in [2.45, 2.75) is 18.9 Å². The molecular formula is C18H15FN2O3. The normalized spacial score (nSPS) is 18.2. The number of carbonyl (C=O) groups excluding carboxylic acids is 2. The predicted molar refractivity (Wildman–Crippen MR) is 86.7 cm³/mol. The Hall–Kier alpha value is -2.89. The Kier molecular flexibility index (Phi) is 3.26. The molecule has 122 valence electrons. The lowest BCUT2D eigenvalue weighted by molar-refractivity contribution is -0.122. The summed E-state index contributed by atoms with van der Waals surface area (Å²) in [6, 6.07) is 10.0. The van der Waals surface area contributed by atoms with Crippen LogP contribution in [0.3, 0.4) is 0 Å². The van der Waals surface area contributed by atoms with Gasteiger partial charge in [-0.1, -0.05) is 12.1 Å². The standard InChI is InChI=1S/C18H15FN2O3/c1-21-14-6-5-12(7-11(14)9-16(21)22)20-18(23)15-8-10-3-2-4-13(19)17(10)24-15/h2-7,15H,8-9H2,1H3,(H,20,23). The minimum Gasteiger partial charge on any atom is -0.477 e. The van der Waals surface area contributed by atoms with E-state index in [0.717, 1.165) is 11.3 Å². The van der Waals surface area contributed by atoms with Crippen molar-refractivity contribution in [3.63, 3.8) is 0 Å². The van der Waals surface area contributed by atoms with Gasteiger partial charge in [0.25, 0.3) is 5.91 Å². The Balaban J connectivity index is 1.49. The summed E-state index contributed by atoms with van der Waals surface area (Å²) in [4.78, 5) is 25.7. The molecule has 0 radical (unpaired) electrons. The molecule has 2 aromatic rings. The summed E-state index contributed by atoms with van der Waals surface area (Å²) in [6.45, 7) is 0. The largest absolute Gasteiger partial charge is 0.477 e. The fourth-order valence-corrected chi connectivity index (χ4v) is 3.15. The second-order valence-corrected chi connectivity index (χ2v) is 6.00. The Morgan fingerprint density at radius 2 is 2.12 bits per heavy atom. The van der Waals surface area contributed by atoms with E-state index in [1.807, 2.05) is 0 Å². The number of ether oxygens (including phenoxy) is 1. The number of amides is 2. The number of carbonyl (C=O) groups is 2. The van der Waals surface area contributed by atoms with Gasteiger partial charge in [-0.05, 0) is 29.8 Å². The van der Waals surface area contributed by atoms with Crippen molar-refractivity contribution in [1.82, 2.24) is 0 Å². The highest BCUT2D eigenvalue weighted by Crippen LogP contribution is 2.33. The summed E-state index contributed by atoms with van der Waals surface area (Å²) in [7, 11) is 1.73. The maximum Gasteiger partial charge on any atom is 0.265 e. The molecular weight excluding hydrogens is 311 g/mol. The summed E-state index contributed by atoms with van der Waals surface area (Å²) in [5, 5.41) is 2.78. The van der Waals surface area contributed by atoms with Crippen LogP contribution in [-0.4, -0.2) is 25.0 Å². The van der Waals surface area contributed by atoms with Crippen LogP contribution in [0.25, 0.3) is 0 Å². The Labute approximate surface area is 138 Å². The molecule has 4 rings (SSSR count). The average molecular weight is 326 g/mol. The molecule has 5 nitrogen and oxygen atoms in total. The van der Waals surface area contributed by atoms with Gasteiger partial charge < -0.3 is 15.0 Å². The molecule has 1 N–H and O–H groups in total. The molecule has 0 aromatic heterocycles. The molecule has 2 aliphatic rings. The fourth-order valence-electron chi connectivity index (χ4n) is 3.15. The molecule has 24 heavy (non-hydrogen) atoms. The Bertz CT molecular complexity index is 865. The molecule has 6 heteroatoms. The smallest absolute Gasteiger partial charge is 0.265 e. The zero-order chi connectivity index (χ0) is 16.8. The van der Waals surface area contributed by atoms with Gasteiger partial charge in [-0.15, -0.1) is 0 Å². The zero-order valence-electron chi connectivity index (χ0n) is 13.0. The van der Waals surface area contributed by atoms with Gasteiger partial charge in [-0.25, -0.2) is 4.39 Å². The lowest BCUT2D eigenvalue weighted by atomic mass is 10.1. The first-order valence-electron chi connectivity index (χ1n) is 7.67. The number of hydrogen-bond acceptors (Lipinski definition) is 3. The van der Waals surface area contributed by atoms with E-state index in [9.17, 15) is 14.0 Å². The minimum absolute atomic E-state index is 0.0264. The van der Waals surface area contributed by atoms with Crippen LogP contribution in [0.1, 0.15) is 11.1 Å². The topological polar surface area (TPSA) is 58.6 Å². The molecule has 2 amide bonds. The molecule has 1 atom stereocenters. The van der Waals surface area contributed by atoms with E-state index in [1.54, 1.807) is 42.3 Å². The molecule has 2 aromatic carbocycles. The molecule has 0 aliphatic carbocycles. The van der Waals surface area contributed by atoms with Crippen molar-refractivity contribution >= 4 is 23.2 Å². The first kappa shape index (κ1) is 14.7. The monoisotopic (exact) mass is 326 g/mol. The van der Waals surface area contributed by atoms with Crippen LogP contribution in [0.4, 0.5) is 15.8 Å². The van der Waals surface area contributed by atoms with E-state index in [4.69, 9.17) is 4.74 Å². The van der Waals surface area contributed by atoms with Crippen LogP contribution in [0.5, 0.6) is 5.75 Å². The molecule has 2 heterocycles. The predicted octanol–water partition coefficient (Wildman–Crippen LogP) is 2.29. The first-order chi connectivity index (χ1) is 11.5. The van der Waals surface area contributed by atoms with Crippen molar-refractivity contribution in [2.75, 3.05) is 17.3 Å². The maximum absolute atomic E-state index is 13.7. The number of likely N-dealkylation sites (N-methyl/N-ethyl adjacent to an activating group) is 1. The van der Waals surface area contributed by atoms with Gasteiger partial charge in [0.05, 0.1) is 6.42 Å². The van der Waals surface area contributed by atoms with Crippen molar-refractivity contribution in [3.05, 3.63) is 53.3 Å².